The van der Waals surface area contributed by atoms with Crippen molar-refractivity contribution in [2.24, 2.45) is 4.40 Å². The van der Waals surface area contributed by atoms with Gasteiger partial charge in [-0.3, -0.25) is 0 Å². The van der Waals surface area contributed by atoms with Gasteiger partial charge >= 0.3 is 0 Å². The SMILES string of the molecule is CCn1/c(=N/S(=O)(=O)c2ccc(C)cc2)sc2cc3c(cc21)OCO3. The van der Waals surface area contributed by atoms with Gasteiger partial charge in [-0.1, -0.05) is 29.0 Å². The quantitative estimate of drug-likeness (QED) is 0.704. The van der Waals surface area contributed by atoms with Crippen molar-refractivity contribution in [2.45, 2.75) is 25.3 Å². The molecule has 0 saturated carbocycles. The Morgan fingerprint density at radius 1 is 1.16 bits per heavy atom. The largest absolute Gasteiger partial charge is 0.454 e. The Bertz CT molecular complexity index is 1130. The van der Waals surface area contributed by atoms with Gasteiger partial charge in [0.25, 0.3) is 10.0 Å². The lowest BCUT2D eigenvalue weighted by molar-refractivity contribution is 0.174. The van der Waals surface area contributed by atoms with E-state index in [4.69, 9.17) is 9.47 Å². The second-order valence-electron chi connectivity index (χ2n) is 5.68. The molecule has 0 saturated heterocycles. The van der Waals surface area contributed by atoms with Crippen LogP contribution in [0.4, 0.5) is 0 Å². The number of rotatable bonds is 3. The maximum absolute atomic E-state index is 12.6. The van der Waals surface area contributed by atoms with Crippen LogP contribution in [0.3, 0.4) is 0 Å². The van der Waals surface area contributed by atoms with Crippen LogP contribution in [-0.4, -0.2) is 19.8 Å². The highest BCUT2D eigenvalue weighted by Crippen LogP contribution is 2.37. The van der Waals surface area contributed by atoms with E-state index in [2.05, 4.69) is 4.40 Å². The summed E-state index contributed by atoms with van der Waals surface area (Å²) < 4.78 is 42.9. The highest BCUT2D eigenvalue weighted by molar-refractivity contribution is 7.90. The van der Waals surface area contributed by atoms with Gasteiger partial charge in [0, 0.05) is 18.7 Å². The van der Waals surface area contributed by atoms with Crippen LogP contribution in [0.25, 0.3) is 10.2 Å². The van der Waals surface area contributed by atoms with Gasteiger partial charge in [-0.15, -0.1) is 4.40 Å². The maximum atomic E-state index is 12.6. The number of hydrogen-bond donors (Lipinski definition) is 0. The number of nitrogens with zero attached hydrogens (tertiary/aromatic N) is 2. The van der Waals surface area contributed by atoms with Gasteiger partial charge in [-0.05, 0) is 26.0 Å². The molecule has 1 aromatic heterocycles. The van der Waals surface area contributed by atoms with Gasteiger partial charge in [0.15, 0.2) is 11.5 Å². The highest BCUT2D eigenvalue weighted by atomic mass is 32.2. The average Bonchev–Trinajstić information content (AvgIpc) is 3.15. The molecular formula is C17H16N2O4S2. The normalized spacial score (nSPS) is 14.4. The van der Waals surface area contributed by atoms with Crippen LogP contribution >= 0.6 is 11.3 Å². The molecule has 0 spiro atoms. The Hall–Kier alpha value is -2.32. The number of thiazole rings is 1. The summed E-state index contributed by atoms with van der Waals surface area (Å²) in [6, 6.07) is 10.4. The van der Waals surface area contributed by atoms with E-state index in [-0.39, 0.29) is 11.7 Å². The number of fused-ring (bicyclic) bond motifs is 2. The van der Waals surface area contributed by atoms with Gasteiger partial charge < -0.3 is 14.0 Å². The molecular weight excluding hydrogens is 360 g/mol. The summed E-state index contributed by atoms with van der Waals surface area (Å²) in [5.41, 5.74) is 1.88. The molecule has 1 aliphatic heterocycles. The molecule has 2 heterocycles. The van der Waals surface area contributed by atoms with E-state index in [9.17, 15) is 8.42 Å². The minimum Gasteiger partial charge on any atom is -0.454 e. The van der Waals surface area contributed by atoms with Crippen LogP contribution in [-0.2, 0) is 16.6 Å². The van der Waals surface area contributed by atoms with Gasteiger partial charge in [-0.2, -0.15) is 8.42 Å². The lowest BCUT2D eigenvalue weighted by Gasteiger charge is -2.02. The summed E-state index contributed by atoms with van der Waals surface area (Å²) in [6.45, 7) is 4.67. The van der Waals surface area contributed by atoms with E-state index in [1.54, 1.807) is 24.3 Å². The van der Waals surface area contributed by atoms with E-state index in [0.717, 1.165) is 15.8 Å². The number of benzene rings is 2. The Morgan fingerprint density at radius 2 is 1.84 bits per heavy atom. The highest BCUT2D eigenvalue weighted by Gasteiger charge is 2.19. The van der Waals surface area contributed by atoms with E-state index < -0.39 is 10.0 Å². The van der Waals surface area contributed by atoms with Crippen molar-refractivity contribution in [2.75, 3.05) is 6.79 Å². The molecule has 1 aliphatic rings. The maximum Gasteiger partial charge on any atom is 0.285 e. The Balaban J connectivity index is 1.91. The molecule has 0 fully saturated rings. The predicted octanol–water partition coefficient (Wildman–Crippen LogP) is 3.05. The Morgan fingerprint density at radius 3 is 2.52 bits per heavy atom. The topological polar surface area (TPSA) is 69.9 Å². The zero-order valence-electron chi connectivity index (χ0n) is 13.7. The third kappa shape index (κ3) is 2.81. The number of hydrogen-bond acceptors (Lipinski definition) is 5. The smallest absolute Gasteiger partial charge is 0.285 e. The average molecular weight is 376 g/mol. The summed E-state index contributed by atoms with van der Waals surface area (Å²) in [6.07, 6.45) is 0. The summed E-state index contributed by atoms with van der Waals surface area (Å²) in [5, 5.41) is 0. The first-order chi connectivity index (χ1) is 12.0. The molecule has 8 heteroatoms. The van der Waals surface area contributed by atoms with Crippen LogP contribution in [0.1, 0.15) is 12.5 Å². The summed E-state index contributed by atoms with van der Waals surface area (Å²) in [5.74, 6) is 1.34. The first kappa shape index (κ1) is 16.2. The van der Waals surface area contributed by atoms with Crippen LogP contribution in [0.15, 0.2) is 45.7 Å². The predicted molar refractivity (Wildman–Crippen MR) is 95.5 cm³/mol. The molecule has 0 atom stereocenters. The summed E-state index contributed by atoms with van der Waals surface area (Å²) in [4.78, 5) is 0.620. The molecule has 0 unspecified atom stereocenters. The fourth-order valence-electron chi connectivity index (χ4n) is 2.70. The van der Waals surface area contributed by atoms with E-state index in [0.29, 0.717) is 22.8 Å². The monoisotopic (exact) mass is 376 g/mol. The molecule has 4 rings (SSSR count). The molecule has 0 radical (unpaired) electrons. The van der Waals surface area contributed by atoms with Crippen molar-refractivity contribution in [1.29, 1.82) is 0 Å². The molecule has 3 aromatic rings. The Labute approximate surface area is 149 Å². The minimum atomic E-state index is -3.77. The minimum absolute atomic E-state index is 0.187. The first-order valence-electron chi connectivity index (χ1n) is 7.78. The molecule has 2 aromatic carbocycles. The summed E-state index contributed by atoms with van der Waals surface area (Å²) in [7, 11) is -3.77. The Kier molecular flexibility index (Phi) is 3.81. The van der Waals surface area contributed by atoms with Gasteiger partial charge in [0.1, 0.15) is 0 Å². The fraction of sp³-hybridized carbons (Fsp3) is 0.235. The second kappa shape index (κ2) is 5.89. The number of ether oxygens (including phenoxy) is 2. The second-order valence-corrected chi connectivity index (χ2v) is 8.29. The van der Waals surface area contributed by atoms with Crippen molar-refractivity contribution in [3.05, 3.63) is 46.8 Å². The summed E-state index contributed by atoms with van der Waals surface area (Å²) >= 11 is 1.32. The van der Waals surface area contributed by atoms with Crippen molar-refractivity contribution in [3.8, 4) is 11.5 Å². The van der Waals surface area contributed by atoms with Crippen molar-refractivity contribution in [1.82, 2.24) is 4.57 Å². The molecule has 0 aliphatic carbocycles. The van der Waals surface area contributed by atoms with E-state index >= 15 is 0 Å². The molecule has 0 N–H and O–H groups in total. The van der Waals surface area contributed by atoms with Gasteiger partial charge in [0.2, 0.25) is 11.6 Å². The third-order valence-corrected chi connectivity index (χ3v) is 6.45. The lowest BCUT2D eigenvalue weighted by atomic mass is 10.2. The number of aromatic nitrogens is 1. The van der Waals surface area contributed by atoms with Crippen molar-refractivity contribution >= 4 is 31.6 Å². The van der Waals surface area contributed by atoms with Crippen LogP contribution in [0.2, 0.25) is 0 Å². The zero-order chi connectivity index (χ0) is 17.6. The zero-order valence-corrected chi connectivity index (χ0v) is 15.4. The fourth-order valence-corrected chi connectivity index (χ4v) is 5.01. The van der Waals surface area contributed by atoms with Crippen LogP contribution in [0, 0.1) is 6.92 Å². The first-order valence-corrected chi connectivity index (χ1v) is 10.0. The standard InChI is InChI=1S/C17H16N2O4S2/c1-3-19-13-8-14-15(23-10-22-14)9-16(13)24-17(19)18-25(20,21)12-6-4-11(2)5-7-12/h4-9H,3,10H2,1-2H3/b18-17-. The lowest BCUT2D eigenvalue weighted by Crippen LogP contribution is -2.16. The number of sulfonamides is 1. The van der Waals surface area contributed by atoms with Crippen molar-refractivity contribution in [3.63, 3.8) is 0 Å². The molecule has 0 amide bonds. The van der Waals surface area contributed by atoms with E-state index in [1.165, 1.54) is 11.3 Å². The van der Waals surface area contributed by atoms with E-state index in [1.807, 2.05) is 30.5 Å². The third-order valence-electron chi connectivity index (χ3n) is 4.01. The molecule has 130 valence electrons. The molecule has 25 heavy (non-hydrogen) atoms. The molecule has 0 bridgehead atoms. The van der Waals surface area contributed by atoms with Gasteiger partial charge in [-0.25, -0.2) is 0 Å². The van der Waals surface area contributed by atoms with Crippen LogP contribution < -0.4 is 14.3 Å². The molecule has 6 nitrogen and oxygen atoms in total. The number of aryl methyl sites for hydroxylation is 2. The van der Waals surface area contributed by atoms with Crippen LogP contribution in [0.5, 0.6) is 11.5 Å². The van der Waals surface area contributed by atoms with Gasteiger partial charge in [0.05, 0.1) is 15.1 Å². The van der Waals surface area contributed by atoms with Crippen molar-refractivity contribution < 1.29 is 17.9 Å².